The van der Waals surface area contributed by atoms with Crippen molar-refractivity contribution >= 4 is 5.91 Å². The largest absolute Gasteiger partial charge is 0.337 e. The molecular formula is C19H24N4O. The maximum absolute atomic E-state index is 12.5. The molecule has 2 atom stereocenters. The number of rotatable bonds is 4. The van der Waals surface area contributed by atoms with Crippen LogP contribution in [-0.4, -0.2) is 50.7 Å². The van der Waals surface area contributed by atoms with E-state index in [0.29, 0.717) is 11.9 Å². The number of hydrogen-bond acceptors (Lipinski definition) is 3. The summed E-state index contributed by atoms with van der Waals surface area (Å²) in [5.41, 5.74) is 2.51. The third-order valence-electron chi connectivity index (χ3n) is 5.32. The monoisotopic (exact) mass is 324 g/mol. The molecule has 0 radical (unpaired) electrons. The number of hydrogen-bond donors (Lipinski definition) is 0. The maximum Gasteiger partial charge on any atom is 0.239 e. The van der Waals surface area contributed by atoms with Crippen molar-refractivity contribution in [2.24, 2.45) is 0 Å². The molecule has 0 bridgehead atoms. The van der Waals surface area contributed by atoms with E-state index in [-0.39, 0.29) is 6.04 Å². The third-order valence-corrected chi connectivity index (χ3v) is 5.32. The average Bonchev–Trinajstić information content (AvgIpc) is 3.26. The van der Waals surface area contributed by atoms with E-state index >= 15 is 0 Å². The van der Waals surface area contributed by atoms with Gasteiger partial charge in [-0.3, -0.25) is 14.4 Å². The van der Waals surface area contributed by atoms with E-state index in [0.717, 1.165) is 39.0 Å². The molecule has 0 spiro atoms. The number of aromatic nitrogens is 2. The van der Waals surface area contributed by atoms with Gasteiger partial charge >= 0.3 is 0 Å². The number of amides is 1. The van der Waals surface area contributed by atoms with E-state index in [1.54, 1.807) is 6.20 Å². The Hall–Kier alpha value is -2.14. The van der Waals surface area contributed by atoms with Crippen molar-refractivity contribution in [1.29, 1.82) is 0 Å². The summed E-state index contributed by atoms with van der Waals surface area (Å²) in [7, 11) is 0. The summed E-state index contributed by atoms with van der Waals surface area (Å²) in [6, 6.07) is 11.0. The zero-order valence-electron chi connectivity index (χ0n) is 14.1. The van der Waals surface area contributed by atoms with Gasteiger partial charge in [0, 0.05) is 38.1 Å². The van der Waals surface area contributed by atoms with E-state index in [9.17, 15) is 4.79 Å². The van der Waals surface area contributed by atoms with Gasteiger partial charge in [0.05, 0.1) is 12.6 Å². The van der Waals surface area contributed by atoms with Crippen LogP contribution < -0.4 is 0 Å². The van der Waals surface area contributed by atoms with Crippen LogP contribution in [0.4, 0.5) is 0 Å². The minimum Gasteiger partial charge on any atom is -0.337 e. The summed E-state index contributed by atoms with van der Waals surface area (Å²) in [6.45, 7) is 5.64. The molecule has 4 rings (SSSR count). The molecule has 1 amide bonds. The van der Waals surface area contributed by atoms with Crippen molar-refractivity contribution in [3.63, 3.8) is 0 Å². The Morgan fingerprint density at radius 1 is 1.17 bits per heavy atom. The van der Waals surface area contributed by atoms with Gasteiger partial charge in [0.2, 0.25) is 5.91 Å². The highest BCUT2D eigenvalue weighted by atomic mass is 16.2. The Morgan fingerprint density at radius 2 is 1.92 bits per heavy atom. The first kappa shape index (κ1) is 15.4. The van der Waals surface area contributed by atoms with Gasteiger partial charge in [-0.25, -0.2) is 0 Å². The summed E-state index contributed by atoms with van der Waals surface area (Å²) in [5, 5.41) is 4.24. The summed E-state index contributed by atoms with van der Waals surface area (Å²) in [6.07, 6.45) is 6.08. The highest BCUT2D eigenvalue weighted by Gasteiger charge is 2.39. The summed E-state index contributed by atoms with van der Waals surface area (Å²) in [4.78, 5) is 16.9. The summed E-state index contributed by atoms with van der Waals surface area (Å²) in [5.74, 6) is 0.305. The lowest BCUT2D eigenvalue weighted by molar-refractivity contribution is -0.143. The van der Waals surface area contributed by atoms with Crippen LogP contribution in [0.1, 0.15) is 30.9 Å². The number of fused-ring (bicyclic) bond motifs is 1. The standard InChI is InChI=1S/C19H24N4O/c1-15-19(24)23-11-2-4-18(23)14-21(15)12-16-5-7-17(8-6-16)13-22-10-3-9-20-22/h3,5-10,15,18H,2,4,11-14H2,1H3/t15-,18-/m0/s1. The first-order valence-corrected chi connectivity index (χ1v) is 8.80. The molecule has 5 nitrogen and oxygen atoms in total. The summed E-state index contributed by atoms with van der Waals surface area (Å²) >= 11 is 0. The second-order valence-electron chi connectivity index (χ2n) is 6.95. The van der Waals surface area contributed by atoms with Crippen LogP contribution in [0.25, 0.3) is 0 Å². The number of nitrogens with zero attached hydrogens (tertiary/aromatic N) is 4. The van der Waals surface area contributed by atoms with E-state index in [1.165, 1.54) is 11.1 Å². The highest BCUT2D eigenvalue weighted by molar-refractivity contribution is 5.83. The van der Waals surface area contributed by atoms with Gasteiger partial charge in [-0.1, -0.05) is 24.3 Å². The molecule has 5 heteroatoms. The van der Waals surface area contributed by atoms with Crippen LogP contribution in [0.5, 0.6) is 0 Å². The fourth-order valence-electron chi connectivity index (χ4n) is 3.91. The van der Waals surface area contributed by atoms with Crippen LogP contribution in [0.15, 0.2) is 42.7 Å². The topological polar surface area (TPSA) is 41.4 Å². The van der Waals surface area contributed by atoms with Crippen molar-refractivity contribution in [2.75, 3.05) is 13.1 Å². The van der Waals surface area contributed by atoms with E-state index in [1.807, 2.05) is 23.9 Å². The predicted molar refractivity (Wildman–Crippen MR) is 92.4 cm³/mol. The molecule has 2 aromatic rings. The highest BCUT2D eigenvalue weighted by Crippen LogP contribution is 2.26. The molecule has 2 fully saturated rings. The van der Waals surface area contributed by atoms with Crippen molar-refractivity contribution in [2.45, 2.75) is 44.9 Å². The first-order valence-electron chi connectivity index (χ1n) is 8.80. The molecule has 0 saturated carbocycles. The fourth-order valence-corrected chi connectivity index (χ4v) is 3.91. The van der Waals surface area contributed by atoms with Crippen molar-refractivity contribution in [3.05, 3.63) is 53.9 Å². The lowest BCUT2D eigenvalue weighted by Crippen LogP contribution is -2.58. The van der Waals surface area contributed by atoms with E-state index < -0.39 is 0 Å². The maximum atomic E-state index is 12.5. The molecule has 2 aliphatic rings. The molecule has 0 N–H and O–H groups in total. The molecule has 2 aliphatic heterocycles. The second kappa shape index (κ2) is 6.40. The normalized spacial score (nSPS) is 24.4. The number of carbonyl (C=O) groups excluding carboxylic acids is 1. The molecule has 24 heavy (non-hydrogen) atoms. The van der Waals surface area contributed by atoms with Gasteiger partial charge in [0.1, 0.15) is 0 Å². The Labute approximate surface area is 142 Å². The predicted octanol–water partition coefficient (Wildman–Crippen LogP) is 2.13. The van der Waals surface area contributed by atoms with E-state index in [2.05, 4.69) is 39.2 Å². The van der Waals surface area contributed by atoms with Crippen LogP contribution in [0.3, 0.4) is 0 Å². The van der Waals surface area contributed by atoms with Crippen LogP contribution in [-0.2, 0) is 17.9 Å². The molecule has 126 valence electrons. The van der Waals surface area contributed by atoms with Crippen LogP contribution in [0.2, 0.25) is 0 Å². The molecule has 0 aliphatic carbocycles. The van der Waals surface area contributed by atoms with Crippen molar-refractivity contribution in [1.82, 2.24) is 19.6 Å². The van der Waals surface area contributed by atoms with Crippen LogP contribution >= 0.6 is 0 Å². The first-order chi connectivity index (χ1) is 11.7. The van der Waals surface area contributed by atoms with E-state index in [4.69, 9.17) is 0 Å². The number of benzene rings is 1. The minimum absolute atomic E-state index is 0.0110. The zero-order chi connectivity index (χ0) is 16.5. The summed E-state index contributed by atoms with van der Waals surface area (Å²) < 4.78 is 1.93. The minimum atomic E-state index is -0.0110. The Morgan fingerprint density at radius 3 is 2.62 bits per heavy atom. The van der Waals surface area contributed by atoms with Gasteiger partial charge in [-0.15, -0.1) is 0 Å². The molecule has 1 aromatic heterocycles. The molecule has 0 unspecified atom stereocenters. The lowest BCUT2D eigenvalue weighted by Gasteiger charge is -2.41. The van der Waals surface area contributed by atoms with Crippen LogP contribution in [0, 0.1) is 0 Å². The van der Waals surface area contributed by atoms with Gasteiger partial charge in [-0.05, 0) is 37.0 Å². The van der Waals surface area contributed by atoms with Gasteiger partial charge in [-0.2, -0.15) is 5.10 Å². The molecule has 3 heterocycles. The quantitative estimate of drug-likeness (QED) is 0.865. The lowest BCUT2D eigenvalue weighted by atomic mass is 10.1. The van der Waals surface area contributed by atoms with Gasteiger partial charge in [0.25, 0.3) is 0 Å². The number of piperazine rings is 1. The average molecular weight is 324 g/mol. The SMILES string of the molecule is C[C@H]1C(=O)N2CCC[C@H]2CN1Cc1ccc(Cn2cccn2)cc1. The van der Waals surface area contributed by atoms with Crippen molar-refractivity contribution < 1.29 is 4.79 Å². The Kier molecular flexibility index (Phi) is 4.10. The molecule has 1 aromatic carbocycles. The smallest absolute Gasteiger partial charge is 0.239 e. The Bertz CT molecular complexity index is 695. The zero-order valence-corrected chi connectivity index (χ0v) is 14.1. The van der Waals surface area contributed by atoms with Gasteiger partial charge < -0.3 is 4.90 Å². The molecule has 2 saturated heterocycles. The number of carbonyl (C=O) groups is 1. The third kappa shape index (κ3) is 2.96. The Balaban J connectivity index is 1.42. The second-order valence-corrected chi connectivity index (χ2v) is 6.95. The molecular weight excluding hydrogens is 300 g/mol. The van der Waals surface area contributed by atoms with Gasteiger partial charge in [0.15, 0.2) is 0 Å². The fraction of sp³-hybridized carbons (Fsp3) is 0.474. The van der Waals surface area contributed by atoms with Crippen molar-refractivity contribution in [3.8, 4) is 0 Å².